The molecule has 3 heterocycles. The number of carboxylic acids is 1. The van der Waals surface area contributed by atoms with Gasteiger partial charge in [0.1, 0.15) is 0 Å². The lowest BCUT2D eigenvalue weighted by Gasteiger charge is -2.24. The summed E-state index contributed by atoms with van der Waals surface area (Å²) < 4.78 is 24.8. The van der Waals surface area contributed by atoms with Crippen molar-refractivity contribution in [3.63, 3.8) is 0 Å². The number of aryl methyl sites for hydroxylation is 1. The molecule has 2 fully saturated rings. The molecule has 9 heteroatoms. The fourth-order valence-corrected chi connectivity index (χ4v) is 5.21. The van der Waals surface area contributed by atoms with E-state index in [4.69, 9.17) is 0 Å². The lowest BCUT2D eigenvalue weighted by molar-refractivity contribution is -0.148. The van der Waals surface area contributed by atoms with Gasteiger partial charge >= 0.3 is 5.97 Å². The van der Waals surface area contributed by atoms with E-state index >= 15 is 0 Å². The van der Waals surface area contributed by atoms with Crippen molar-refractivity contribution in [3.8, 4) is 0 Å². The Morgan fingerprint density at radius 1 is 1.50 bits per heavy atom. The summed E-state index contributed by atoms with van der Waals surface area (Å²) in [6.45, 7) is 3.99. The summed E-state index contributed by atoms with van der Waals surface area (Å²) in [5, 5.41) is 9.70. The monoisotopic (exact) mass is 345 g/mol. The van der Waals surface area contributed by atoms with Crippen molar-refractivity contribution in [1.82, 2.24) is 14.2 Å². The number of aromatic nitrogens is 1. The highest BCUT2D eigenvalue weighted by molar-refractivity contribution is 7.88. The number of carbonyl (C=O) groups is 1. The topological polar surface area (TPSA) is 90.8 Å². The van der Waals surface area contributed by atoms with Gasteiger partial charge in [0.05, 0.1) is 22.9 Å². The van der Waals surface area contributed by atoms with Crippen molar-refractivity contribution in [1.29, 1.82) is 0 Å². The maximum atomic E-state index is 11.8. The molecule has 1 N–H and O–H groups in total. The van der Waals surface area contributed by atoms with E-state index in [0.717, 1.165) is 16.8 Å². The van der Waals surface area contributed by atoms with Crippen LogP contribution in [0.25, 0.3) is 0 Å². The Morgan fingerprint density at radius 2 is 2.23 bits per heavy atom. The Hall–Kier alpha value is -1.03. The number of hydrogen-bond acceptors (Lipinski definition) is 6. The molecule has 0 spiro atoms. The number of aliphatic carboxylic acids is 1. The lowest BCUT2D eigenvalue weighted by atomic mass is 9.81. The third-order valence-electron chi connectivity index (χ3n) is 4.76. The summed E-state index contributed by atoms with van der Waals surface area (Å²) >= 11 is 1.57. The first kappa shape index (κ1) is 15.9. The molecule has 2 aliphatic rings. The highest BCUT2D eigenvalue weighted by Crippen LogP contribution is 2.44. The van der Waals surface area contributed by atoms with Gasteiger partial charge in [-0.2, -0.15) is 0 Å². The summed E-state index contributed by atoms with van der Waals surface area (Å²) in [7, 11) is -3.35. The number of carboxylic acid groups (broad SMARTS) is 1. The zero-order valence-corrected chi connectivity index (χ0v) is 14.2. The smallest absolute Gasteiger partial charge is 0.312 e. The predicted molar refractivity (Wildman–Crippen MR) is 82.1 cm³/mol. The van der Waals surface area contributed by atoms with Crippen LogP contribution in [0, 0.1) is 18.3 Å². The number of sulfonamides is 1. The molecule has 0 unspecified atom stereocenters. The van der Waals surface area contributed by atoms with Crippen molar-refractivity contribution in [2.24, 2.45) is 11.3 Å². The van der Waals surface area contributed by atoms with Gasteiger partial charge in [0.25, 0.3) is 0 Å². The van der Waals surface area contributed by atoms with Gasteiger partial charge in [-0.05, 0) is 6.92 Å². The minimum atomic E-state index is -3.35. The van der Waals surface area contributed by atoms with Gasteiger partial charge in [-0.15, -0.1) is 11.3 Å². The van der Waals surface area contributed by atoms with E-state index in [1.807, 2.05) is 6.92 Å². The molecule has 2 saturated heterocycles. The first-order chi connectivity index (χ1) is 10.2. The SMILES string of the molecule is Cc1ncsc1CN1C[C@H]2CN(S(C)(=O)=O)C[C@@]2(C(=O)O)C1. The highest BCUT2D eigenvalue weighted by Gasteiger charge is 2.59. The molecule has 2 aliphatic heterocycles. The lowest BCUT2D eigenvalue weighted by Crippen LogP contribution is -2.41. The molecule has 1 aromatic heterocycles. The van der Waals surface area contributed by atoms with Crippen LogP contribution >= 0.6 is 11.3 Å². The van der Waals surface area contributed by atoms with Crippen LogP contribution < -0.4 is 0 Å². The average Bonchev–Trinajstić information content (AvgIpc) is 3.02. The highest BCUT2D eigenvalue weighted by atomic mass is 32.2. The molecule has 22 heavy (non-hydrogen) atoms. The number of likely N-dealkylation sites (tertiary alicyclic amines) is 1. The van der Waals surface area contributed by atoms with Gasteiger partial charge in [0, 0.05) is 43.5 Å². The zero-order valence-electron chi connectivity index (χ0n) is 12.5. The van der Waals surface area contributed by atoms with Gasteiger partial charge in [-0.1, -0.05) is 0 Å². The van der Waals surface area contributed by atoms with Crippen LogP contribution in [0.2, 0.25) is 0 Å². The van der Waals surface area contributed by atoms with E-state index in [2.05, 4.69) is 9.88 Å². The van der Waals surface area contributed by atoms with Crippen LogP contribution in [0.1, 0.15) is 10.6 Å². The van der Waals surface area contributed by atoms with E-state index in [1.165, 1.54) is 4.31 Å². The molecular weight excluding hydrogens is 326 g/mol. The van der Waals surface area contributed by atoms with Crippen molar-refractivity contribution in [3.05, 3.63) is 16.1 Å². The maximum Gasteiger partial charge on any atom is 0.312 e. The molecule has 1 aromatic rings. The van der Waals surface area contributed by atoms with Gasteiger partial charge < -0.3 is 5.11 Å². The molecule has 0 radical (unpaired) electrons. The molecule has 0 amide bonds. The summed E-state index contributed by atoms with van der Waals surface area (Å²) in [5.41, 5.74) is 1.78. The quantitative estimate of drug-likeness (QED) is 0.840. The van der Waals surface area contributed by atoms with E-state index in [-0.39, 0.29) is 12.5 Å². The third-order valence-corrected chi connectivity index (χ3v) is 6.89. The predicted octanol–water partition coefficient (Wildman–Crippen LogP) is 0.230. The van der Waals surface area contributed by atoms with Crippen LogP contribution in [0.3, 0.4) is 0 Å². The number of rotatable bonds is 4. The molecule has 3 rings (SSSR count). The first-order valence-corrected chi connectivity index (χ1v) is 9.75. The fraction of sp³-hybridized carbons (Fsp3) is 0.692. The van der Waals surface area contributed by atoms with Crippen molar-refractivity contribution < 1.29 is 18.3 Å². The number of fused-ring (bicyclic) bond motifs is 1. The molecule has 2 atom stereocenters. The van der Waals surface area contributed by atoms with Gasteiger partial charge in [0.2, 0.25) is 10.0 Å². The maximum absolute atomic E-state index is 11.8. The standard InChI is InChI=1S/C13H19N3O4S2/c1-9-11(21-8-14-9)5-15-3-10-4-16(22(2,19)20)7-13(10,6-15)12(17)18/h8,10H,3-7H2,1-2H3,(H,17,18)/t10-,13-/m0/s1. The van der Waals surface area contributed by atoms with Crippen LogP contribution in [0.15, 0.2) is 5.51 Å². The van der Waals surface area contributed by atoms with Crippen LogP contribution in [0.5, 0.6) is 0 Å². The molecular formula is C13H19N3O4S2. The largest absolute Gasteiger partial charge is 0.481 e. The molecule has 122 valence electrons. The van der Waals surface area contributed by atoms with E-state index in [0.29, 0.717) is 26.2 Å². The molecule has 0 saturated carbocycles. The Bertz CT molecular complexity index is 702. The van der Waals surface area contributed by atoms with Gasteiger partial charge in [-0.25, -0.2) is 17.7 Å². The molecule has 0 aliphatic carbocycles. The van der Waals surface area contributed by atoms with Crippen LogP contribution in [-0.4, -0.2) is 66.1 Å². The van der Waals surface area contributed by atoms with Crippen LogP contribution in [0.4, 0.5) is 0 Å². The summed E-state index contributed by atoms with van der Waals surface area (Å²) in [6.07, 6.45) is 1.14. The summed E-state index contributed by atoms with van der Waals surface area (Å²) in [4.78, 5) is 19.3. The minimum Gasteiger partial charge on any atom is -0.481 e. The third kappa shape index (κ3) is 2.55. The average molecular weight is 345 g/mol. The van der Waals surface area contributed by atoms with Crippen LogP contribution in [-0.2, 0) is 21.4 Å². The second kappa shape index (κ2) is 5.26. The van der Waals surface area contributed by atoms with Crippen molar-refractivity contribution >= 4 is 27.3 Å². The molecule has 0 bridgehead atoms. The Morgan fingerprint density at radius 3 is 2.73 bits per heavy atom. The van der Waals surface area contributed by atoms with E-state index in [1.54, 1.807) is 16.8 Å². The second-order valence-electron chi connectivity index (χ2n) is 6.24. The number of nitrogens with zero attached hydrogens (tertiary/aromatic N) is 3. The molecule has 7 nitrogen and oxygen atoms in total. The van der Waals surface area contributed by atoms with Gasteiger partial charge in [0.15, 0.2) is 0 Å². The molecule has 0 aromatic carbocycles. The summed E-state index contributed by atoms with van der Waals surface area (Å²) in [6, 6.07) is 0. The Kier molecular flexibility index (Phi) is 3.79. The Labute approximate surface area is 133 Å². The normalized spacial score (nSPS) is 29.8. The minimum absolute atomic E-state index is 0.0734. The Balaban J connectivity index is 1.79. The van der Waals surface area contributed by atoms with Gasteiger partial charge in [-0.3, -0.25) is 9.69 Å². The zero-order chi connectivity index (χ0) is 16.1. The second-order valence-corrected chi connectivity index (χ2v) is 9.17. The first-order valence-electron chi connectivity index (χ1n) is 7.02. The summed E-state index contributed by atoms with van der Waals surface area (Å²) in [5.74, 6) is -1.06. The van der Waals surface area contributed by atoms with Crippen molar-refractivity contribution in [2.45, 2.75) is 13.5 Å². The van der Waals surface area contributed by atoms with E-state index in [9.17, 15) is 18.3 Å². The fourth-order valence-electron chi connectivity index (χ4n) is 3.48. The van der Waals surface area contributed by atoms with E-state index < -0.39 is 21.4 Å². The van der Waals surface area contributed by atoms with Crippen molar-refractivity contribution in [2.75, 3.05) is 32.4 Å². The number of hydrogen-bond donors (Lipinski definition) is 1. The number of thiazole rings is 1.